The van der Waals surface area contributed by atoms with E-state index in [1.54, 1.807) is 6.26 Å². The fraction of sp³-hybridized carbons (Fsp3) is 0.0909. The third-order valence-corrected chi connectivity index (χ3v) is 3.20. The Morgan fingerprint density at radius 1 is 1.43 bits per heavy atom. The molecule has 0 fully saturated rings. The van der Waals surface area contributed by atoms with Gasteiger partial charge in [-0.3, -0.25) is 10.1 Å². The number of hydrogen-bond acceptors (Lipinski definition) is 8. The average Bonchev–Trinajstić information content (AvgIpc) is 2.48. The van der Waals surface area contributed by atoms with Crippen LogP contribution < -0.4 is 16.0 Å². The molecule has 0 saturated heterocycles. The van der Waals surface area contributed by atoms with Crippen molar-refractivity contribution in [1.29, 1.82) is 0 Å². The smallest absolute Gasteiger partial charge is 0.271 e. The number of nitrogen functional groups attached to an aromatic ring is 1. The maximum Gasteiger partial charge on any atom is 0.271 e. The zero-order chi connectivity index (χ0) is 15.4. The van der Waals surface area contributed by atoms with E-state index < -0.39 is 4.92 Å². The third-order valence-electron chi connectivity index (χ3n) is 2.35. The first kappa shape index (κ1) is 15.3. The summed E-state index contributed by atoms with van der Waals surface area (Å²) in [5, 5.41) is 11.2. The monoisotopic (exact) mass is 327 g/mol. The van der Waals surface area contributed by atoms with Crippen molar-refractivity contribution in [2.24, 2.45) is 5.84 Å². The van der Waals surface area contributed by atoms with E-state index >= 15 is 0 Å². The molecule has 110 valence electrons. The molecule has 21 heavy (non-hydrogen) atoms. The van der Waals surface area contributed by atoms with Crippen LogP contribution in [0.1, 0.15) is 0 Å². The third kappa shape index (κ3) is 3.72. The summed E-state index contributed by atoms with van der Waals surface area (Å²) < 4.78 is 5.51. The summed E-state index contributed by atoms with van der Waals surface area (Å²) in [4.78, 5) is 18.3. The van der Waals surface area contributed by atoms with Gasteiger partial charge in [-0.05, 0) is 12.3 Å². The lowest BCUT2D eigenvalue weighted by Gasteiger charge is -2.09. The summed E-state index contributed by atoms with van der Waals surface area (Å²) in [5.74, 6) is 6.16. The van der Waals surface area contributed by atoms with Gasteiger partial charge in [-0.1, -0.05) is 23.4 Å². The highest BCUT2D eigenvalue weighted by molar-refractivity contribution is 7.98. The minimum absolute atomic E-state index is 0.107. The van der Waals surface area contributed by atoms with E-state index in [9.17, 15) is 10.1 Å². The fourth-order valence-corrected chi connectivity index (χ4v) is 2.00. The highest BCUT2D eigenvalue weighted by Gasteiger charge is 2.12. The first-order chi connectivity index (χ1) is 10.0. The van der Waals surface area contributed by atoms with Crippen LogP contribution in [0.3, 0.4) is 0 Å². The van der Waals surface area contributed by atoms with Crippen molar-refractivity contribution in [3.63, 3.8) is 0 Å². The Kier molecular flexibility index (Phi) is 4.78. The van der Waals surface area contributed by atoms with Crippen molar-refractivity contribution in [2.75, 3.05) is 11.7 Å². The van der Waals surface area contributed by atoms with Gasteiger partial charge in [0.2, 0.25) is 5.88 Å². The second-order valence-electron chi connectivity index (χ2n) is 3.70. The Morgan fingerprint density at radius 2 is 2.19 bits per heavy atom. The van der Waals surface area contributed by atoms with Crippen LogP contribution in [-0.4, -0.2) is 21.1 Å². The summed E-state index contributed by atoms with van der Waals surface area (Å²) >= 11 is 7.27. The van der Waals surface area contributed by atoms with Crippen molar-refractivity contribution in [3.05, 3.63) is 39.4 Å². The van der Waals surface area contributed by atoms with E-state index in [-0.39, 0.29) is 22.3 Å². The number of halogens is 1. The molecule has 10 heteroatoms. The largest absolute Gasteiger partial charge is 0.437 e. The number of thioether (sulfide) groups is 1. The molecule has 2 rings (SSSR count). The molecule has 0 atom stereocenters. The van der Waals surface area contributed by atoms with Crippen molar-refractivity contribution in [1.82, 2.24) is 9.97 Å². The van der Waals surface area contributed by atoms with Gasteiger partial charge < -0.3 is 10.2 Å². The summed E-state index contributed by atoms with van der Waals surface area (Å²) in [6.45, 7) is 0. The molecule has 0 bridgehead atoms. The Bertz CT molecular complexity index is 663. The number of benzene rings is 1. The summed E-state index contributed by atoms with van der Waals surface area (Å²) in [7, 11) is 0. The SMILES string of the molecule is CSc1nc(NN)cc(Oc2ccc([N+](=O)[O-])cc2Cl)n1. The standard InChI is InChI=1S/C11H10ClN5O3S/c1-21-11-14-9(16-13)5-10(15-11)20-8-3-2-6(17(18)19)4-7(8)12/h2-5H,13H2,1H3,(H,14,15,16). The second-order valence-corrected chi connectivity index (χ2v) is 4.88. The van der Waals surface area contributed by atoms with Crippen molar-refractivity contribution in [3.8, 4) is 11.6 Å². The average molecular weight is 328 g/mol. The number of hydrazine groups is 1. The van der Waals surface area contributed by atoms with Crippen LogP contribution in [0, 0.1) is 10.1 Å². The lowest BCUT2D eigenvalue weighted by Crippen LogP contribution is -2.09. The highest BCUT2D eigenvalue weighted by atomic mass is 35.5. The van der Waals surface area contributed by atoms with E-state index in [2.05, 4.69) is 15.4 Å². The van der Waals surface area contributed by atoms with Crippen molar-refractivity contribution in [2.45, 2.75) is 5.16 Å². The van der Waals surface area contributed by atoms with Gasteiger partial charge in [0.15, 0.2) is 5.16 Å². The number of ether oxygens (including phenoxy) is 1. The Morgan fingerprint density at radius 3 is 2.76 bits per heavy atom. The Labute approximate surface area is 128 Å². The van der Waals surface area contributed by atoms with Gasteiger partial charge in [0, 0.05) is 18.2 Å². The van der Waals surface area contributed by atoms with Crippen LogP contribution >= 0.6 is 23.4 Å². The van der Waals surface area contributed by atoms with Crippen LogP contribution in [0.15, 0.2) is 29.4 Å². The number of aromatic nitrogens is 2. The minimum Gasteiger partial charge on any atom is -0.437 e. The fourth-order valence-electron chi connectivity index (χ4n) is 1.42. The first-order valence-corrected chi connectivity index (χ1v) is 7.15. The minimum atomic E-state index is -0.539. The second kappa shape index (κ2) is 6.57. The molecule has 0 saturated carbocycles. The number of rotatable bonds is 5. The van der Waals surface area contributed by atoms with E-state index in [1.165, 1.54) is 36.0 Å². The zero-order valence-electron chi connectivity index (χ0n) is 10.7. The molecule has 0 aliphatic rings. The number of non-ortho nitro benzene ring substituents is 1. The zero-order valence-corrected chi connectivity index (χ0v) is 12.3. The van der Waals surface area contributed by atoms with Crippen LogP contribution in [-0.2, 0) is 0 Å². The molecular formula is C11H10ClN5O3S. The predicted molar refractivity (Wildman–Crippen MR) is 79.8 cm³/mol. The number of nitrogens with one attached hydrogen (secondary N) is 1. The van der Waals surface area contributed by atoms with Crippen LogP contribution in [0.25, 0.3) is 0 Å². The Balaban J connectivity index is 2.31. The number of nitro benzene ring substituents is 1. The quantitative estimate of drug-likeness (QED) is 0.283. The van der Waals surface area contributed by atoms with Crippen LogP contribution in [0.2, 0.25) is 5.02 Å². The molecule has 2 aromatic rings. The van der Waals surface area contributed by atoms with Crippen LogP contribution in [0.5, 0.6) is 11.6 Å². The normalized spacial score (nSPS) is 10.2. The lowest BCUT2D eigenvalue weighted by atomic mass is 10.3. The van der Waals surface area contributed by atoms with Crippen LogP contribution in [0.4, 0.5) is 11.5 Å². The summed E-state index contributed by atoms with van der Waals surface area (Å²) in [6.07, 6.45) is 1.80. The van der Waals surface area contributed by atoms with E-state index in [4.69, 9.17) is 22.2 Å². The maximum absolute atomic E-state index is 10.7. The summed E-state index contributed by atoms with van der Waals surface area (Å²) in [6, 6.07) is 5.38. The number of hydrogen-bond donors (Lipinski definition) is 2. The van der Waals surface area contributed by atoms with Gasteiger partial charge in [0.25, 0.3) is 5.69 Å². The highest BCUT2D eigenvalue weighted by Crippen LogP contribution is 2.32. The number of nitrogens with zero attached hydrogens (tertiary/aromatic N) is 3. The van der Waals surface area contributed by atoms with Gasteiger partial charge in [-0.15, -0.1) is 0 Å². The molecule has 3 N–H and O–H groups in total. The van der Waals surface area contributed by atoms with Gasteiger partial charge in [0.05, 0.1) is 9.95 Å². The van der Waals surface area contributed by atoms with Gasteiger partial charge in [-0.25, -0.2) is 10.8 Å². The molecule has 0 unspecified atom stereocenters. The molecule has 1 heterocycles. The molecule has 0 aliphatic carbocycles. The van der Waals surface area contributed by atoms with Gasteiger partial charge >= 0.3 is 0 Å². The molecule has 0 amide bonds. The molecule has 0 radical (unpaired) electrons. The topological polar surface area (TPSA) is 116 Å². The molecule has 8 nitrogen and oxygen atoms in total. The van der Waals surface area contributed by atoms with Crippen molar-refractivity contribution >= 4 is 34.9 Å². The van der Waals surface area contributed by atoms with E-state index in [1.807, 2.05) is 0 Å². The number of nitro groups is 1. The first-order valence-electron chi connectivity index (χ1n) is 5.55. The molecule has 0 spiro atoms. The van der Waals surface area contributed by atoms with E-state index in [0.29, 0.717) is 11.0 Å². The molecule has 1 aromatic carbocycles. The number of anilines is 1. The number of nitrogens with two attached hydrogens (primary N) is 1. The maximum atomic E-state index is 10.7. The van der Waals surface area contributed by atoms with E-state index in [0.717, 1.165) is 0 Å². The summed E-state index contributed by atoms with van der Waals surface area (Å²) in [5.41, 5.74) is 2.28. The lowest BCUT2D eigenvalue weighted by molar-refractivity contribution is -0.384. The Hall–Kier alpha value is -2.10. The van der Waals surface area contributed by atoms with Gasteiger partial charge in [-0.2, -0.15) is 4.98 Å². The molecule has 1 aromatic heterocycles. The van der Waals surface area contributed by atoms with Crippen molar-refractivity contribution < 1.29 is 9.66 Å². The molecule has 0 aliphatic heterocycles. The predicted octanol–water partition coefficient (Wildman–Crippen LogP) is 2.84. The molecular weight excluding hydrogens is 318 g/mol. The van der Waals surface area contributed by atoms with Gasteiger partial charge in [0.1, 0.15) is 11.6 Å².